The van der Waals surface area contributed by atoms with Crippen molar-refractivity contribution in [1.82, 2.24) is 15.6 Å². The summed E-state index contributed by atoms with van der Waals surface area (Å²) in [5, 5.41) is 16.5. The minimum Gasteiger partial charge on any atom is -0.351 e. The van der Waals surface area contributed by atoms with E-state index in [0.717, 1.165) is 25.9 Å². The summed E-state index contributed by atoms with van der Waals surface area (Å²) in [6.45, 7) is 2.64. The van der Waals surface area contributed by atoms with Crippen LogP contribution >= 0.6 is 12.4 Å². The Hall–Kier alpha value is -1.60. The third kappa shape index (κ3) is 4.22. The Morgan fingerprint density at radius 1 is 1.58 bits per heavy atom. The molecular formula is C11H17ClN4O3. The molecule has 0 saturated carbocycles. The maximum Gasteiger partial charge on any atom is 0.287 e. The first-order valence-corrected chi connectivity index (χ1v) is 5.98. The monoisotopic (exact) mass is 288 g/mol. The molecule has 1 aliphatic rings. The lowest BCUT2D eigenvalue weighted by Gasteiger charge is -2.08. The molecule has 1 aromatic rings. The molecule has 0 bridgehead atoms. The molecule has 0 spiro atoms. The minimum absolute atomic E-state index is 0. The molecule has 1 aromatic heterocycles. The van der Waals surface area contributed by atoms with Crippen LogP contribution in [-0.2, 0) is 0 Å². The molecule has 3 N–H and O–H groups in total. The third-order valence-corrected chi connectivity index (χ3v) is 3.12. The van der Waals surface area contributed by atoms with Gasteiger partial charge >= 0.3 is 0 Å². The Morgan fingerprint density at radius 3 is 2.95 bits per heavy atom. The zero-order valence-electron chi connectivity index (χ0n) is 10.3. The van der Waals surface area contributed by atoms with Gasteiger partial charge in [-0.2, -0.15) is 0 Å². The summed E-state index contributed by atoms with van der Waals surface area (Å²) in [4.78, 5) is 24.2. The quantitative estimate of drug-likeness (QED) is 0.557. The average molecular weight is 289 g/mol. The van der Waals surface area contributed by atoms with E-state index in [9.17, 15) is 14.9 Å². The first kappa shape index (κ1) is 15.5. The fourth-order valence-electron chi connectivity index (χ4n) is 2.07. The molecule has 106 valence electrons. The molecule has 1 fully saturated rings. The number of H-pyrrole nitrogens is 1. The molecule has 8 heteroatoms. The standard InChI is InChI=1S/C11H16N4O3.ClH/c16-11(10-5-9(7-14-10)15(17)18)13-4-2-8-1-3-12-6-8;/h5,7-8,12,14H,1-4,6H2,(H,13,16);1H. The van der Waals surface area contributed by atoms with E-state index in [-0.39, 0.29) is 29.7 Å². The SMILES string of the molecule is Cl.O=C(NCCC1CCNC1)c1cc([N+](=O)[O-])c[nH]1. The number of nitrogens with zero attached hydrogens (tertiary/aromatic N) is 1. The summed E-state index contributed by atoms with van der Waals surface area (Å²) in [6.07, 6.45) is 3.29. The van der Waals surface area contributed by atoms with Crippen molar-refractivity contribution in [3.8, 4) is 0 Å². The number of nitrogens with one attached hydrogen (secondary N) is 3. The van der Waals surface area contributed by atoms with Gasteiger partial charge in [0.05, 0.1) is 11.1 Å². The maximum absolute atomic E-state index is 11.7. The smallest absolute Gasteiger partial charge is 0.287 e. The Labute approximate surface area is 116 Å². The predicted molar refractivity (Wildman–Crippen MR) is 72.6 cm³/mol. The summed E-state index contributed by atoms with van der Waals surface area (Å²) in [6, 6.07) is 1.24. The summed E-state index contributed by atoms with van der Waals surface area (Å²) >= 11 is 0. The minimum atomic E-state index is -0.530. The van der Waals surface area contributed by atoms with Crippen LogP contribution in [0.3, 0.4) is 0 Å². The number of carbonyl (C=O) groups excluding carboxylic acids is 1. The molecule has 0 aromatic carbocycles. The number of amides is 1. The number of halogens is 1. The number of hydrogen-bond acceptors (Lipinski definition) is 4. The van der Waals surface area contributed by atoms with E-state index in [2.05, 4.69) is 15.6 Å². The lowest BCUT2D eigenvalue weighted by Crippen LogP contribution is -2.26. The molecule has 1 saturated heterocycles. The van der Waals surface area contributed by atoms with E-state index in [0.29, 0.717) is 12.5 Å². The molecule has 1 atom stereocenters. The van der Waals surface area contributed by atoms with Gasteiger partial charge in [0.25, 0.3) is 11.6 Å². The van der Waals surface area contributed by atoms with Crippen LogP contribution in [0.2, 0.25) is 0 Å². The van der Waals surface area contributed by atoms with Crippen LogP contribution in [0.4, 0.5) is 5.69 Å². The van der Waals surface area contributed by atoms with Gasteiger partial charge in [0.1, 0.15) is 5.69 Å². The second-order valence-corrected chi connectivity index (χ2v) is 4.43. The number of carbonyl (C=O) groups is 1. The maximum atomic E-state index is 11.7. The second kappa shape index (κ2) is 7.10. The normalized spacial score (nSPS) is 17.8. The third-order valence-electron chi connectivity index (χ3n) is 3.12. The number of hydrogen-bond donors (Lipinski definition) is 3. The van der Waals surface area contributed by atoms with E-state index < -0.39 is 4.92 Å². The Morgan fingerprint density at radius 2 is 2.37 bits per heavy atom. The van der Waals surface area contributed by atoms with Gasteiger partial charge in [-0.3, -0.25) is 14.9 Å². The number of aromatic amines is 1. The largest absolute Gasteiger partial charge is 0.351 e. The van der Waals surface area contributed by atoms with E-state index in [1.165, 1.54) is 12.3 Å². The average Bonchev–Trinajstić information content (AvgIpc) is 2.99. The highest BCUT2D eigenvalue weighted by atomic mass is 35.5. The first-order valence-electron chi connectivity index (χ1n) is 5.98. The van der Waals surface area contributed by atoms with Crippen LogP contribution in [0.25, 0.3) is 0 Å². The number of nitro groups is 1. The van der Waals surface area contributed by atoms with Crippen molar-refractivity contribution in [2.75, 3.05) is 19.6 Å². The lowest BCUT2D eigenvalue weighted by molar-refractivity contribution is -0.384. The van der Waals surface area contributed by atoms with Crippen LogP contribution in [0.15, 0.2) is 12.3 Å². The van der Waals surface area contributed by atoms with Crippen molar-refractivity contribution in [3.05, 3.63) is 28.1 Å². The van der Waals surface area contributed by atoms with Gasteiger partial charge < -0.3 is 15.6 Å². The lowest BCUT2D eigenvalue weighted by atomic mass is 10.1. The van der Waals surface area contributed by atoms with Crippen LogP contribution in [0.5, 0.6) is 0 Å². The van der Waals surface area contributed by atoms with Crippen molar-refractivity contribution in [2.24, 2.45) is 5.92 Å². The Kier molecular flexibility index (Phi) is 5.78. The van der Waals surface area contributed by atoms with E-state index in [4.69, 9.17) is 0 Å². The van der Waals surface area contributed by atoms with E-state index >= 15 is 0 Å². The molecule has 0 aliphatic carbocycles. The van der Waals surface area contributed by atoms with Crippen LogP contribution < -0.4 is 10.6 Å². The molecule has 1 aliphatic heterocycles. The first-order chi connectivity index (χ1) is 8.66. The van der Waals surface area contributed by atoms with Gasteiger partial charge in [-0.25, -0.2) is 0 Å². The van der Waals surface area contributed by atoms with Gasteiger partial charge in [-0.1, -0.05) is 0 Å². The molecule has 19 heavy (non-hydrogen) atoms. The summed E-state index contributed by atoms with van der Waals surface area (Å²) in [5.74, 6) is 0.317. The fraction of sp³-hybridized carbons (Fsp3) is 0.545. The number of aromatic nitrogens is 1. The molecule has 2 heterocycles. The summed E-state index contributed by atoms with van der Waals surface area (Å²) < 4.78 is 0. The van der Waals surface area contributed by atoms with Gasteiger partial charge in [0, 0.05) is 12.6 Å². The zero-order valence-corrected chi connectivity index (χ0v) is 11.2. The van der Waals surface area contributed by atoms with Gasteiger partial charge in [0.2, 0.25) is 0 Å². The van der Waals surface area contributed by atoms with Crippen molar-refractivity contribution >= 4 is 24.0 Å². The molecule has 2 rings (SSSR count). The van der Waals surface area contributed by atoms with Gasteiger partial charge in [-0.05, 0) is 31.8 Å². The highest BCUT2D eigenvalue weighted by Crippen LogP contribution is 2.13. The Balaban J connectivity index is 0.00000180. The highest BCUT2D eigenvalue weighted by Gasteiger charge is 2.16. The molecular weight excluding hydrogens is 272 g/mol. The van der Waals surface area contributed by atoms with E-state index in [1.807, 2.05) is 0 Å². The van der Waals surface area contributed by atoms with Crippen molar-refractivity contribution in [3.63, 3.8) is 0 Å². The van der Waals surface area contributed by atoms with Crippen molar-refractivity contribution in [1.29, 1.82) is 0 Å². The van der Waals surface area contributed by atoms with Crippen molar-refractivity contribution < 1.29 is 9.72 Å². The van der Waals surface area contributed by atoms with Gasteiger partial charge in [-0.15, -0.1) is 12.4 Å². The Bertz CT molecular complexity index is 443. The highest BCUT2D eigenvalue weighted by molar-refractivity contribution is 5.93. The van der Waals surface area contributed by atoms with Crippen LogP contribution in [0, 0.1) is 16.0 Å². The zero-order chi connectivity index (χ0) is 13.0. The molecule has 7 nitrogen and oxygen atoms in total. The number of rotatable bonds is 5. The predicted octanol–water partition coefficient (Wildman–Crippen LogP) is 1.07. The van der Waals surface area contributed by atoms with Crippen molar-refractivity contribution in [2.45, 2.75) is 12.8 Å². The molecule has 1 unspecified atom stereocenters. The van der Waals surface area contributed by atoms with Crippen LogP contribution in [0.1, 0.15) is 23.3 Å². The molecule has 1 amide bonds. The topological polar surface area (TPSA) is 100 Å². The second-order valence-electron chi connectivity index (χ2n) is 4.43. The van der Waals surface area contributed by atoms with Gasteiger partial charge in [0.15, 0.2) is 0 Å². The molecule has 0 radical (unpaired) electrons. The fourth-order valence-corrected chi connectivity index (χ4v) is 2.07. The van der Waals surface area contributed by atoms with E-state index in [1.54, 1.807) is 0 Å². The summed E-state index contributed by atoms with van der Waals surface area (Å²) in [7, 11) is 0. The van der Waals surface area contributed by atoms with Crippen LogP contribution in [-0.4, -0.2) is 35.4 Å². The summed E-state index contributed by atoms with van der Waals surface area (Å²) in [5.41, 5.74) is 0.131.